The van der Waals surface area contributed by atoms with E-state index in [1.165, 1.54) is 0 Å². The van der Waals surface area contributed by atoms with E-state index < -0.39 is 0 Å². The second kappa shape index (κ2) is 3.34. The Balaban J connectivity index is 2.41. The zero-order valence-electron chi connectivity index (χ0n) is 8.86. The Labute approximate surface area is 93.5 Å². The summed E-state index contributed by atoms with van der Waals surface area (Å²) < 4.78 is 0. The maximum atomic E-state index is 11.8. The van der Waals surface area contributed by atoms with E-state index in [1.807, 2.05) is 30.3 Å². The van der Waals surface area contributed by atoms with Gasteiger partial charge in [0.15, 0.2) is 5.78 Å². The van der Waals surface area contributed by atoms with Crippen LogP contribution in [0.15, 0.2) is 30.3 Å². The Kier molecular flexibility index (Phi) is 1.96. The number of carbonyl (C=O) groups excluding carboxylic acids is 1. The van der Waals surface area contributed by atoms with Gasteiger partial charge in [-0.3, -0.25) is 4.79 Å². The minimum Gasteiger partial charge on any atom is -0.507 e. The van der Waals surface area contributed by atoms with Gasteiger partial charge in [0.25, 0.3) is 0 Å². The molecule has 1 aliphatic rings. The van der Waals surface area contributed by atoms with E-state index in [0.29, 0.717) is 12.0 Å². The highest BCUT2D eigenvalue weighted by atomic mass is 16.3. The SMILES string of the molecule is O=C1CCCc2cc3ccccc3c(O)c21. The number of carbonyl (C=O) groups is 1. The van der Waals surface area contributed by atoms with Crippen LogP contribution in [0.5, 0.6) is 5.75 Å². The van der Waals surface area contributed by atoms with Crippen LogP contribution in [0.1, 0.15) is 28.8 Å². The lowest BCUT2D eigenvalue weighted by atomic mass is 9.87. The highest BCUT2D eigenvalue weighted by molar-refractivity contribution is 6.06. The van der Waals surface area contributed by atoms with Crippen LogP contribution in [0, 0.1) is 0 Å². The number of hydrogen-bond donors (Lipinski definition) is 1. The normalized spacial score (nSPS) is 15.1. The van der Waals surface area contributed by atoms with E-state index in [9.17, 15) is 9.90 Å². The van der Waals surface area contributed by atoms with Crippen molar-refractivity contribution in [1.82, 2.24) is 0 Å². The molecule has 0 saturated heterocycles. The third-order valence-corrected chi connectivity index (χ3v) is 3.23. The van der Waals surface area contributed by atoms with Gasteiger partial charge in [-0.1, -0.05) is 30.3 Å². The van der Waals surface area contributed by atoms with Crippen molar-refractivity contribution in [2.75, 3.05) is 0 Å². The molecule has 1 N–H and O–H groups in total. The molecule has 0 amide bonds. The van der Waals surface area contributed by atoms with E-state index in [-0.39, 0.29) is 11.5 Å². The molecule has 2 nitrogen and oxygen atoms in total. The van der Waals surface area contributed by atoms with Crippen LogP contribution >= 0.6 is 0 Å². The van der Waals surface area contributed by atoms with E-state index in [1.54, 1.807) is 0 Å². The number of phenolic OH excluding ortho intramolecular Hbond substituents is 1. The minimum atomic E-state index is 0.0736. The number of phenols is 1. The highest BCUT2D eigenvalue weighted by Crippen LogP contribution is 2.35. The molecule has 0 unspecified atom stereocenters. The van der Waals surface area contributed by atoms with Gasteiger partial charge in [0.2, 0.25) is 0 Å². The Morgan fingerprint density at radius 2 is 1.94 bits per heavy atom. The Hall–Kier alpha value is -1.83. The first kappa shape index (κ1) is 9.40. The van der Waals surface area contributed by atoms with Crippen LogP contribution in [0.25, 0.3) is 10.8 Å². The summed E-state index contributed by atoms with van der Waals surface area (Å²) in [5.41, 5.74) is 1.54. The molecule has 0 aromatic heterocycles. The zero-order valence-corrected chi connectivity index (χ0v) is 8.86. The third-order valence-electron chi connectivity index (χ3n) is 3.23. The second-order valence-corrected chi connectivity index (χ2v) is 4.26. The number of hydrogen-bond acceptors (Lipinski definition) is 2. The van der Waals surface area contributed by atoms with Crippen LogP contribution in [0.3, 0.4) is 0 Å². The van der Waals surface area contributed by atoms with Crippen molar-refractivity contribution < 1.29 is 9.90 Å². The molecule has 2 aromatic rings. The zero-order chi connectivity index (χ0) is 11.1. The Bertz CT molecular complexity index is 585. The maximum Gasteiger partial charge on any atom is 0.166 e. The van der Waals surface area contributed by atoms with Crippen molar-refractivity contribution in [3.63, 3.8) is 0 Å². The van der Waals surface area contributed by atoms with E-state index in [0.717, 1.165) is 29.2 Å². The van der Waals surface area contributed by atoms with Crippen LogP contribution in [-0.2, 0) is 6.42 Å². The van der Waals surface area contributed by atoms with E-state index in [4.69, 9.17) is 0 Å². The molecular weight excluding hydrogens is 200 g/mol. The molecule has 80 valence electrons. The van der Waals surface area contributed by atoms with Crippen LogP contribution in [0.2, 0.25) is 0 Å². The summed E-state index contributed by atoms with van der Waals surface area (Å²) in [4.78, 5) is 11.8. The summed E-state index contributed by atoms with van der Waals surface area (Å²) in [6.45, 7) is 0. The van der Waals surface area contributed by atoms with Gasteiger partial charge in [0.05, 0.1) is 5.56 Å². The number of benzene rings is 2. The van der Waals surface area contributed by atoms with Gasteiger partial charge in [0.1, 0.15) is 5.75 Å². The van der Waals surface area contributed by atoms with Crippen molar-refractivity contribution in [1.29, 1.82) is 0 Å². The Morgan fingerprint density at radius 1 is 1.12 bits per heavy atom. The molecule has 16 heavy (non-hydrogen) atoms. The van der Waals surface area contributed by atoms with Crippen molar-refractivity contribution in [3.8, 4) is 5.75 Å². The third kappa shape index (κ3) is 1.23. The summed E-state index contributed by atoms with van der Waals surface area (Å²) >= 11 is 0. The summed E-state index contributed by atoms with van der Waals surface area (Å²) in [5.74, 6) is 0.238. The first-order chi connectivity index (χ1) is 7.77. The summed E-state index contributed by atoms with van der Waals surface area (Å²) in [6.07, 6.45) is 2.34. The minimum absolute atomic E-state index is 0.0736. The van der Waals surface area contributed by atoms with Crippen molar-refractivity contribution in [2.24, 2.45) is 0 Å². The molecule has 1 aliphatic carbocycles. The van der Waals surface area contributed by atoms with Crippen molar-refractivity contribution >= 4 is 16.6 Å². The molecule has 0 fully saturated rings. The van der Waals surface area contributed by atoms with Crippen molar-refractivity contribution in [3.05, 3.63) is 41.5 Å². The fourth-order valence-corrected chi connectivity index (χ4v) is 2.46. The van der Waals surface area contributed by atoms with Crippen molar-refractivity contribution in [2.45, 2.75) is 19.3 Å². The smallest absolute Gasteiger partial charge is 0.166 e. The maximum absolute atomic E-state index is 11.8. The fourth-order valence-electron chi connectivity index (χ4n) is 2.46. The average molecular weight is 212 g/mol. The highest BCUT2D eigenvalue weighted by Gasteiger charge is 2.22. The van der Waals surface area contributed by atoms with E-state index in [2.05, 4.69) is 0 Å². The number of aryl methyl sites for hydroxylation is 1. The largest absolute Gasteiger partial charge is 0.507 e. The lowest BCUT2D eigenvalue weighted by Gasteiger charge is -2.17. The number of aromatic hydroxyl groups is 1. The average Bonchev–Trinajstić information content (AvgIpc) is 2.29. The second-order valence-electron chi connectivity index (χ2n) is 4.26. The summed E-state index contributed by atoms with van der Waals surface area (Å²) in [5, 5.41) is 11.9. The molecule has 2 heteroatoms. The first-order valence-electron chi connectivity index (χ1n) is 5.54. The Morgan fingerprint density at radius 3 is 2.81 bits per heavy atom. The standard InChI is InChI=1S/C14H12O2/c15-12-7-3-5-10-8-9-4-1-2-6-11(9)14(16)13(10)12/h1-2,4,6,8,16H,3,5,7H2. The van der Waals surface area contributed by atoms with Gasteiger partial charge < -0.3 is 5.11 Å². The molecular formula is C14H12O2. The van der Waals surface area contributed by atoms with Gasteiger partial charge in [0, 0.05) is 11.8 Å². The number of Topliss-reactive ketones (excluding diaryl/α,β-unsaturated/α-hetero) is 1. The van der Waals surface area contributed by atoms with Gasteiger partial charge in [-0.25, -0.2) is 0 Å². The number of ketones is 1. The molecule has 2 aromatic carbocycles. The molecule has 0 aliphatic heterocycles. The number of fused-ring (bicyclic) bond motifs is 2. The molecule has 0 saturated carbocycles. The lowest BCUT2D eigenvalue weighted by molar-refractivity contribution is 0.0970. The lowest BCUT2D eigenvalue weighted by Crippen LogP contribution is -2.11. The summed E-state index contributed by atoms with van der Waals surface area (Å²) in [7, 11) is 0. The predicted octanol–water partition coefficient (Wildman–Crippen LogP) is 3.06. The topological polar surface area (TPSA) is 37.3 Å². The van der Waals surface area contributed by atoms with Gasteiger partial charge in [-0.2, -0.15) is 0 Å². The molecule has 0 bridgehead atoms. The van der Waals surface area contributed by atoms with Crippen LogP contribution in [0.4, 0.5) is 0 Å². The molecule has 0 atom stereocenters. The van der Waals surface area contributed by atoms with Gasteiger partial charge in [-0.15, -0.1) is 0 Å². The monoisotopic (exact) mass is 212 g/mol. The number of rotatable bonds is 0. The predicted molar refractivity (Wildman–Crippen MR) is 62.9 cm³/mol. The van der Waals surface area contributed by atoms with Crippen LogP contribution < -0.4 is 0 Å². The van der Waals surface area contributed by atoms with Gasteiger partial charge in [-0.05, 0) is 23.8 Å². The van der Waals surface area contributed by atoms with Crippen LogP contribution in [-0.4, -0.2) is 10.9 Å². The molecule has 3 rings (SSSR count). The fraction of sp³-hybridized carbons (Fsp3) is 0.214. The quantitative estimate of drug-likeness (QED) is 0.728. The summed E-state index contributed by atoms with van der Waals surface area (Å²) in [6, 6.07) is 9.67. The molecule has 0 spiro atoms. The molecule has 0 heterocycles. The van der Waals surface area contributed by atoms with E-state index >= 15 is 0 Å². The first-order valence-corrected chi connectivity index (χ1v) is 5.54. The molecule has 0 radical (unpaired) electrons. The van der Waals surface area contributed by atoms with Gasteiger partial charge >= 0.3 is 0 Å².